The number of rotatable bonds is 4. The largest absolute Gasteiger partial charge is 0.374 e. The lowest BCUT2D eigenvalue weighted by atomic mass is 9.83. The lowest BCUT2D eigenvalue weighted by molar-refractivity contribution is -0.0120. The molecule has 0 aromatic carbocycles. The van der Waals surface area contributed by atoms with E-state index in [1.54, 1.807) is 0 Å². The van der Waals surface area contributed by atoms with Gasteiger partial charge in [-0.25, -0.2) is 0 Å². The summed E-state index contributed by atoms with van der Waals surface area (Å²) in [6.45, 7) is 15.0. The van der Waals surface area contributed by atoms with Gasteiger partial charge in [0.1, 0.15) is 0 Å². The Balaban J connectivity index is 1.98. The van der Waals surface area contributed by atoms with Crippen LogP contribution in [0, 0.1) is 5.41 Å². The standard InChI is InChI=1S/C17H34N2O/c1-6-7-14-11-19(12-15-9-8-13(2)20-15)16(10-18-14)17(3,4)5/h13-16,18H,6-12H2,1-5H3. The Hall–Kier alpha value is -0.120. The van der Waals surface area contributed by atoms with Crippen molar-refractivity contribution in [1.82, 2.24) is 10.2 Å². The number of nitrogens with zero attached hydrogens (tertiary/aromatic N) is 1. The third-order valence-corrected chi connectivity index (χ3v) is 4.89. The minimum atomic E-state index is 0.328. The van der Waals surface area contributed by atoms with Crippen LogP contribution >= 0.6 is 0 Å². The Kier molecular flexibility index (Phi) is 5.49. The van der Waals surface area contributed by atoms with E-state index in [4.69, 9.17) is 4.74 Å². The average molecular weight is 282 g/mol. The summed E-state index contributed by atoms with van der Waals surface area (Å²) < 4.78 is 6.06. The number of piperazine rings is 1. The fourth-order valence-electron chi connectivity index (χ4n) is 3.76. The second kappa shape index (κ2) is 6.76. The van der Waals surface area contributed by atoms with Crippen LogP contribution in [0.2, 0.25) is 0 Å². The average Bonchev–Trinajstić information content (AvgIpc) is 2.74. The van der Waals surface area contributed by atoms with Gasteiger partial charge in [0, 0.05) is 31.7 Å². The van der Waals surface area contributed by atoms with Gasteiger partial charge < -0.3 is 10.1 Å². The predicted octanol–water partition coefficient (Wildman–Crippen LogP) is 3.04. The van der Waals surface area contributed by atoms with E-state index in [1.807, 2.05) is 0 Å². The quantitative estimate of drug-likeness (QED) is 0.858. The van der Waals surface area contributed by atoms with Crippen LogP contribution in [0.4, 0.5) is 0 Å². The SMILES string of the molecule is CCCC1CN(CC2CCC(C)O2)C(C(C)(C)C)CN1. The van der Waals surface area contributed by atoms with E-state index in [2.05, 4.69) is 44.8 Å². The Bertz CT molecular complexity index is 300. The molecule has 0 aliphatic carbocycles. The molecule has 0 aromatic heterocycles. The van der Waals surface area contributed by atoms with E-state index in [0.717, 1.165) is 13.1 Å². The molecule has 4 atom stereocenters. The molecule has 3 nitrogen and oxygen atoms in total. The zero-order chi connectivity index (χ0) is 14.8. The smallest absolute Gasteiger partial charge is 0.0706 e. The fourth-order valence-corrected chi connectivity index (χ4v) is 3.76. The maximum Gasteiger partial charge on any atom is 0.0706 e. The first kappa shape index (κ1) is 16.3. The van der Waals surface area contributed by atoms with Crippen molar-refractivity contribution in [2.45, 2.75) is 84.6 Å². The molecule has 20 heavy (non-hydrogen) atoms. The first-order valence-corrected chi connectivity index (χ1v) is 8.53. The van der Waals surface area contributed by atoms with Gasteiger partial charge in [0.25, 0.3) is 0 Å². The molecule has 0 saturated carbocycles. The van der Waals surface area contributed by atoms with Crippen molar-refractivity contribution in [2.75, 3.05) is 19.6 Å². The molecule has 0 aromatic rings. The normalized spacial score (nSPS) is 36.5. The van der Waals surface area contributed by atoms with Gasteiger partial charge in [-0.2, -0.15) is 0 Å². The number of hydrogen-bond donors (Lipinski definition) is 1. The van der Waals surface area contributed by atoms with E-state index >= 15 is 0 Å². The summed E-state index contributed by atoms with van der Waals surface area (Å²) in [5.74, 6) is 0. The number of hydrogen-bond acceptors (Lipinski definition) is 3. The summed E-state index contributed by atoms with van der Waals surface area (Å²) in [6, 6.07) is 1.28. The first-order chi connectivity index (χ1) is 9.40. The highest BCUT2D eigenvalue weighted by molar-refractivity contribution is 4.93. The van der Waals surface area contributed by atoms with Crippen molar-refractivity contribution in [3.05, 3.63) is 0 Å². The van der Waals surface area contributed by atoms with Crippen molar-refractivity contribution >= 4 is 0 Å². The van der Waals surface area contributed by atoms with Crippen LogP contribution in [0.1, 0.15) is 60.3 Å². The summed E-state index contributed by atoms with van der Waals surface area (Å²) in [6.07, 6.45) is 5.94. The summed E-state index contributed by atoms with van der Waals surface area (Å²) in [7, 11) is 0. The Labute approximate surface area is 125 Å². The van der Waals surface area contributed by atoms with Crippen molar-refractivity contribution in [1.29, 1.82) is 0 Å². The fraction of sp³-hybridized carbons (Fsp3) is 1.00. The second-order valence-electron chi connectivity index (χ2n) is 7.88. The van der Waals surface area contributed by atoms with Crippen LogP contribution < -0.4 is 5.32 Å². The van der Waals surface area contributed by atoms with Gasteiger partial charge in [-0.05, 0) is 31.6 Å². The lowest BCUT2D eigenvalue weighted by Gasteiger charge is -2.47. The van der Waals surface area contributed by atoms with Crippen LogP contribution in [0.3, 0.4) is 0 Å². The van der Waals surface area contributed by atoms with Crippen LogP contribution in [-0.4, -0.2) is 48.8 Å². The number of ether oxygens (including phenoxy) is 1. The van der Waals surface area contributed by atoms with Crippen molar-refractivity contribution in [3.8, 4) is 0 Å². The highest BCUT2D eigenvalue weighted by Crippen LogP contribution is 2.29. The summed E-state index contributed by atoms with van der Waals surface area (Å²) in [4.78, 5) is 2.71. The topological polar surface area (TPSA) is 24.5 Å². The van der Waals surface area contributed by atoms with Gasteiger partial charge in [0.15, 0.2) is 0 Å². The molecule has 2 saturated heterocycles. The maximum absolute atomic E-state index is 6.06. The third-order valence-electron chi connectivity index (χ3n) is 4.89. The zero-order valence-electron chi connectivity index (χ0n) is 14.1. The van der Waals surface area contributed by atoms with Gasteiger partial charge >= 0.3 is 0 Å². The predicted molar refractivity (Wildman–Crippen MR) is 85.1 cm³/mol. The highest BCUT2D eigenvalue weighted by atomic mass is 16.5. The van der Waals surface area contributed by atoms with Gasteiger partial charge in [-0.3, -0.25) is 4.90 Å². The van der Waals surface area contributed by atoms with Gasteiger partial charge in [0.2, 0.25) is 0 Å². The molecular weight excluding hydrogens is 248 g/mol. The molecule has 0 spiro atoms. The van der Waals surface area contributed by atoms with E-state index in [9.17, 15) is 0 Å². The molecule has 0 amide bonds. The molecule has 0 bridgehead atoms. The first-order valence-electron chi connectivity index (χ1n) is 8.53. The van der Waals surface area contributed by atoms with E-state index in [-0.39, 0.29) is 0 Å². The molecule has 0 radical (unpaired) electrons. The van der Waals surface area contributed by atoms with Crippen LogP contribution in [0.5, 0.6) is 0 Å². The molecule has 4 unspecified atom stereocenters. The van der Waals surface area contributed by atoms with E-state index < -0.39 is 0 Å². The summed E-state index contributed by atoms with van der Waals surface area (Å²) >= 11 is 0. The van der Waals surface area contributed by atoms with Crippen LogP contribution in [0.25, 0.3) is 0 Å². The molecule has 2 fully saturated rings. The molecule has 2 aliphatic heterocycles. The molecule has 2 rings (SSSR count). The summed E-state index contributed by atoms with van der Waals surface area (Å²) in [5, 5.41) is 3.76. The second-order valence-corrected chi connectivity index (χ2v) is 7.88. The Morgan fingerprint density at radius 2 is 2.00 bits per heavy atom. The monoisotopic (exact) mass is 282 g/mol. The molecule has 2 aliphatic rings. The summed E-state index contributed by atoms with van der Waals surface area (Å²) in [5.41, 5.74) is 0.328. The third kappa shape index (κ3) is 4.19. The van der Waals surface area contributed by atoms with Gasteiger partial charge in [-0.1, -0.05) is 34.1 Å². The Morgan fingerprint density at radius 1 is 1.25 bits per heavy atom. The number of nitrogens with one attached hydrogen (secondary N) is 1. The van der Waals surface area contributed by atoms with Gasteiger partial charge in [0.05, 0.1) is 12.2 Å². The zero-order valence-corrected chi connectivity index (χ0v) is 14.1. The Morgan fingerprint density at radius 3 is 2.55 bits per heavy atom. The van der Waals surface area contributed by atoms with E-state index in [1.165, 1.54) is 32.2 Å². The van der Waals surface area contributed by atoms with Crippen molar-refractivity contribution in [2.24, 2.45) is 5.41 Å². The highest BCUT2D eigenvalue weighted by Gasteiger charge is 2.37. The lowest BCUT2D eigenvalue weighted by Crippen LogP contribution is -2.61. The molecule has 1 N–H and O–H groups in total. The minimum absolute atomic E-state index is 0.328. The molecule has 2 heterocycles. The molecule has 3 heteroatoms. The molecule has 118 valence electrons. The maximum atomic E-state index is 6.06. The molecular formula is C17H34N2O. The van der Waals surface area contributed by atoms with Crippen LogP contribution in [-0.2, 0) is 4.74 Å². The van der Waals surface area contributed by atoms with Crippen LogP contribution in [0.15, 0.2) is 0 Å². The van der Waals surface area contributed by atoms with Crippen molar-refractivity contribution in [3.63, 3.8) is 0 Å². The minimum Gasteiger partial charge on any atom is -0.374 e. The van der Waals surface area contributed by atoms with E-state index in [0.29, 0.717) is 29.7 Å². The van der Waals surface area contributed by atoms with Gasteiger partial charge in [-0.15, -0.1) is 0 Å². The van der Waals surface area contributed by atoms with Crippen molar-refractivity contribution < 1.29 is 4.74 Å².